The highest BCUT2D eigenvalue weighted by molar-refractivity contribution is 6.19. The van der Waals surface area contributed by atoms with Crippen LogP contribution in [-0.4, -0.2) is 19.6 Å². The van der Waals surface area contributed by atoms with Gasteiger partial charge in [0.1, 0.15) is 0 Å². The smallest absolute Gasteiger partial charge is 0.0499 e. The number of rotatable bonds is 4. The zero-order chi connectivity index (χ0) is 7.98. The summed E-state index contributed by atoms with van der Waals surface area (Å²) in [6, 6.07) is 0. The first-order valence-corrected chi connectivity index (χ1v) is 3.96. The Morgan fingerprint density at radius 1 is 1.30 bits per heavy atom. The molecule has 0 aromatic heterocycles. The summed E-state index contributed by atoms with van der Waals surface area (Å²) in [4.78, 5) is 0. The Morgan fingerprint density at radius 2 is 1.90 bits per heavy atom. The Bertz CT molecular complexity index is 118. The summed E-state index contributed by atoms with van der Waals surface area (Å²) in [5, 5.41) is 0. The molecule has 0 aromatic rings. The van der Waals surface area contributed by atoms with Crippen molar-refractivity contribution in [3.8, 4) is 0 Å². The zero-order valence-corrected chi connectivity index (χ0v) is 7.66. The Labute approximate surface area is 68.0 Å². The van der Waals surface area contributed by atoms with E-state index in [9.17, 15) is 0 Å². The van der Waals surface area contributed by atoms with Crippen LogP contribution in [0.2, 0.25) is 0 Å². The molecule has 1 nitrogen and oxygen atoms in total. The minimum absolute atomic E-state index is 0.634. The topological polar surface area (TPSA) is 9.23 Å². The third-order valence-corrected chi connectivity index (χ3v) is 2.01. The van der Waals surface area contributed by atoms with Gasteiger partial charge in [0.25, 0.3) is 0 Å². The van der Waals surface area contributed by atoms with Crippen LogP contribution in [0.3, 0.4) is 0 Å². The summed E-state index contributed by atoms with van der Waals surface area (Å²) >= 11 is 5.63. The normalized spacial score (nSPS) is 13.2. The van der Waals surface area contributed by atoms with Gasteiger partial charge >= 0.3 is 0 Å². The first-order valence-electron chi connectivity index (χ1n) is 3.42. The van der Waals surface area contributed by atoms with E-state index in [0.717, 1.165) is 13.0 Å². The largest absolute Gasteiger partial charge is 0.384 e. The number of halogens is 1. The SMILES string of the molecule is COCC/C(C)=C(/C)CCl. The summed E-state index contributed by atoms with van der Waals surface area (Å²) in [7, 11) is 1.71. The molecular weight excluding hydrogens is 148 g/mol. The summed E-state index contributed by atoms with van der Waals surface area (Å²) in [5.41, 5.74) is 2.61. The predicted molar refractivity (Wildman–Crippen MR) is 45.6 cm³/mol. The molecule has 0 amide bonds. The van der Waals surface area contributed by atoms with Crippen LogP contribution in [0.1, 0.15) is 20.3 Å². The summed E-state index contributed by atoms with van der Waals surface area (Å²) in [6.45, 7) is 4.94. The van der Waals surface area contributed by atoms with E-state index in [-0.39, 0.29) is 0 Å². The standard InChI is InChI=1S/C8H15ClO/c1-7(4-5-10-3)8(2)6-9/h4-6H2,1-3H3/b8-7-. The van der Waals surface area contributed by atoms with Crippen LogP contribution in [0.5, 0.6) is 0 Å². The van der Waals surface area contributed by atoms with Crippen molar-refractivity contribution in [3.05, 3.63) is 11.1 Å². The van der Waals surface area contributed by atoms with Gasteiger partial charge < -0.3 is 4.74 Å². The van der Waals surface area contributed by atoms with E-state index in [2.05, 4.69) is 13.8 Å². The number of hydrogen-bond donors (Lipinski definition) is 0. The lowest BCUT2D eigenvalue weighted by Gasteiger charge is -2.03. The maximum atomic E-state index is 5.63. The Balaban J connectivity index is 3.68. The fourth-order valence-corrected chi connectivity index (χ4v) is 0.811. The van der Waals surface area contributed by atoms with E-state index in [4.69, 9.17) is 16.3 Å². The van der Waals surface area contributed by atoms with E-state index in [1.165, 1.54) is 11.1 Å². The first-order chi connectivity index (χ1) is 4.72. The van der Waals surface area contributed by atoms with Gasteiger partial charge in [0.15, 0.2) is 0 Å². The molecule has 0 radical (unpaired) electrons. The highest BCUT2D eigenvalue weighted by atomic mass is 35.5. The first kappa shape index (κ1) is 9.99. The Kier molecular flexibility index (Phi) is 5.74. The molecule has 10 heavy (non-hydrogen) atoms. The van der Waals surface area contributed by atoms with Gasteiger partial charge in [-0.15, -0.1) is 11.6 Å². The number of ether oxygens (including phenoxy) is 1. The van der Waals surface area contributed by atoms with Gasteiger partial charge in [0.05, 0.1) is 0 Å². The molecule has 0 saturated heterocycles. The average Bonchev–Trinajstić information content (AvgIpc) is 1.98. The van der Waals surface area contributed by atoms with E-state index >= 15 is 0 Å². The van der Waals surface area contributed by atoms with Crippen LogP contribution >= 0.6 is 11.6 Å². The minimum atomic E-state index is 0.634. The van der Waals surface area contributed by atoms with Gasteiger partial charge in [-0.1, -0.05) is 11.1 Å². The van der Waals surface area contributed by atoms with Crippen LogP contribution in [-0.2, 0) is 4.74 Å². The van der Waals surface area contributed by atoms with Crippen molar-refractivity contribution in [3.63, 3.8) is 0 Å². The quantitative estimate of drug-likeness (QED) is 0.456. The number of methoxy groups -OCH3 is 1. The van der Waals surface area contributed by atoms with Crippen molar-refractivity contribution in [1.82, 2.24) is 0 Å². The van der Waals surface area contributed by atoms with Gasteiger partial charge in [0, 0.05) is 19.6 Å². The fourth-order valence-electron chi connectivity index (χ4n) is 0.583. The Morgan fingerprint density at radius 3 is 2.30 bits per heavy atom. The van der Waals surface area contributed by atoms with Crippen LogP contribution in [0.25, 0.3) is 0 Å². The second-order valence-electron chi connectivity index (χ2n) is 2.44. The molecule has 0 atom stereocenters. The lowest BCUT2D eigenvalue weighted by Crippen LogP contribution is -1.92. The number of alkyl halides is 1. The van der Waals surface area contributed by atoms with Gasteiger partial charge in [-0.05, 0) is 20.3 Å². The molecule has 0 heterocycles. The Hall–Kier alpha value is -0.0100. The van der Waals surface area contributed by atoms with Crippen molar-refractivity contribution >= 4 is 11.6 Å². The van der Waals surface area contributed by atoms with Crippen LogP contribution in [0.15, 0.2) is 11.1 Å². The zero-order valence-electron chi connectivity index (χ0n) is 6.91. The molecule has 0 aromatic carbocycles. The van der Waals surface area contributed by atoms with Crippen molar-refractivity contribution < 1.29 is 4.74 Å². The van der Waals surface area contributed by atoms with Crippen LogP contribution < -0.4 is 0 Å². The maximum Gasteiger partial charge on any atom is 0.0499 e. The lowest BCUT2D eigenvalue weighted by molar-refractivity contribution is 0.202. The van der Waals surface area contributed by atoms with Crippen molar-refractivity contribution in [2.24, 2.45) is 0 Å². The third-order valence-electron chi connectivity index (χ3n) is 1.61. The molecule has 0 aliphatic carbocycles. The average molecular weight is 163 g/mol. The van der Waals surface area contributed by atoms with Gasteiger partial charge in [-0.2, -0.15) is 0 Å². The molecular formula is C8H15ClO. The highest BCUT2D eigenvalue weighted by Gasteiger charge is 1.94. The molecule has 0 rings (SSSR count). The van der Waals surface area contributed by atoms with Crippen LogP contribution in [0, 0.1) is 0 Å². The van der Waals surface area contributed by atoms with E-state index in [1.54, 1.807) is 7.11 Å². The summed E-state index contributed by atoms with van der Waals surface area (Å²) in [5.74, 6) is 0.634. The number of hydrogen-bond acceptors (Lipinski definition) is 1. The van der Waals surface area contributed by atoms with Gasteiger partial charge in [0.2, 0.25) is 0 Å². The lowest BCUT2D eigenvalue weighted by atomic mass is 10.1. The molecule has 60 valence electrons. The second kappa shape index (κ2) is 5.75. The molecule has 0 fully saturated rings. The molecule has 0 aliphatic heterocycles. The molecule has 0 spiro atoms. The summed E-state index contributed by atoms with van der Waals surface area (Å²) in [6.07, 6.45) is 0.995. The maximum absolute atomic E-state index is 5.63. The molecule has 0 bridgehead atoms. The predicted octanol–water partition coefficient (Wildman–Crippen LogP) is 2.60. The van der Waals surface area contributed by atoms with Crippen molar-refractivity contribution in [2.75, 3.05) is 19.6 Å². The fraction of sp³-hybridized carbons (Fsp3) is 0.750. The monoisotopic (exact) mass is 162 g/mol. The molecule has 0 N–H and O–H groups in total. The minimum Gasteiger partial charge on any atom is -0.384 e. The van der Waals surface area contributed by atoms with Crippen molar-refractivity contribution in [1.29, 1.82) is 0 Å². The van der Waals surface area contributed by atoms with Gasteiger partial charge in [-0.25, -0.2) is 0 Å². The van der Waals surface area contributed by atoms with Crippen molar-refractivity contribution in [2.45, 2.75) is 20.3 Å². The van der Waals surface area contributed by atoms with E-state index < -0.39 is 0 Å². The molecule has 2 heteroatoms. The second-order valence-corrected chi connectivity index (χ2v) is 2.70. The molecule has 0 aliphatic rings. The van der Waals surface area contributed by atoms with E-state index in [0.29, 0.717) is 5.88 Å². The molecule has 0 unspecified atom stereocenters. The highest BCUT2D eigenvalue weighted by Crippen LogP contribution is 2.08. The third kappa shape index (κ3) is 3.91. The molecule has 0 saturated carbocycles. The summed E-state index contributed by atoms with van der Waals surface area (Å²) < 4.78 is 4.93. The van der Waals surface area contributed by atoms with Gasteiger partial charge in [-0.3, -0.25) is 0 Å². The number of allylic oxidation sites excluding steroid dienone is 1. The van der Waals surface area contributed by atoms with Crippen LogP contribution in [0.4, 0.5) is 0 Å². The van der Waals surface area contributed by atoms with E-state index in [1.807, 2.05) is 0 Å².